The van der Waals surface area contributed by atoms with Gasteiger partial charge >= 0.3 is 5.51 Å². The Kier molecular flexibility index (Phi) is 4.38. The van der Waals surface area contributed by atoms with E-state index in [1.165, 1.54) is 0 Å². The summed E-state index contributed by atoms with van der Waals surface area (Å²) >= 11 is -0.377. The van der Waals surface area contributed by atoms with E-state index < -0.39 is 23.2 Å². The van der Waals surface area contributed by atoms with Crippen LogP contribution in [0.25, 0.3) is 0 Å². The smallest absolute Gasteiger partial charge is 0.346 e. The number of aromatic amines is 1. The fourth-order valence-electron chi connectivity index (χ4n) is 1.05. The highest BCUT2D eigenvalue weighted by Crippen LogP contribution is 2.29. The zero-order valence-electron chi connectivity index (χ0n) is 9.13. The minimum absolute atomic E-state index is 0.341. The molecule has 1 rings (SSSR count). The molecule has 0 radical (unpaired) electrons. The molecule has 1 aromatic heterocycles. The Bertz CT molecular complexity index is 392. The monoisotopic (exact) mass is 268 g/mol. The number of H-pyrrole nitrogens is 1. The standard InChI is InChI=1S/C8H11F3N4OS/c1-4(7-13-5(2)14-15-7)12-6(16)3-17-8(9,10)11/h4H,3H2,1-2H3,(H,12,16)(H,13,14,15)/t4-/m0/s1. The fraction of sp³-hybridized carbons (Fsp3) is 0.625. The second-order valence-corrected chi connectivity index (χ2v) is 4.34. The summed E-state index contributed by atoms with van der Waals surface area (Å²) < 4.78 is 35.5. The number of carbonyl (C=O) groups excluding carboxylic acids is 1. The lowest BCUT2D eigenvalue weighted by Gasteiger charge is -2.10. The lowest BCUT2D eigenvalue weighted by Crippen LogP contribution is -2.29. The third kappa shape index (κ3) is 5.07. The summed E-state index contributed by atoms with van der Waals surface area (Å²) in [6, 6.07) is -0.527. The number of nitrogens with zero attached hydrogens (tertiary/aromatic N) is 2. The topological polar surface area (TPSA) is 70.7 Å². The molecule has 5 nitrogen and oxygen atoms in total. The van der Waals surface area contributed by atoms with Crippen LogP contribution in [0.2, 0.25) is 0 Å². The van der Waals surface area contributed by atoms with Gasteiger partial charge in [-0.15, -0.1) is 0 Å². The summed E-state index contributed by atoms with van der Waals surface area (Å²) in [5.74, 6) is -0.460. The Morgan fingerprint density at radius 3 is 2.71 bits per heavy atom. The van der Waals surface area contributed by atoms with Crippen LogP contribution in [-0.2, 0) is 4.79 Å². The zero-order chi connectivity index (χ0) is 13.1. The maximum absolute atomic E-state index is 11.8. The molecule has 17 heavy (non-hydrogen) atoms. The molecule has 0 bridgehead atoms. The number of nitrogens with one attached hydrogen (secondary N) is 2. The molecule has 1 atom stereocenters. The van der Waals surface area contributed by atoms with Crippen molar-refractivity contribution >= 4 is 17.7 Å². The van der Waals surface area contributed by atoms with Crippen molar-refractivity contribution in [3.05, 3.63) is 11.6 Å². The number of aromatic nitrogens is 3. The molecule has 1 amide bonds. The van der Waals surface area contributed by atoms with E-state index in [1.54, 1.807) is 13.8 Å². The first kappa shape index (κ1) is 13.8. The van der Waals surface area contributed by atoms with Crippen LogP contribution in [-0.4, -0.2) is 32.3 Å². The molecule has 2 N–H and O–H groups in total. The van der Waals surface area contributed by atoms with Crippen molar-refractivity contribution in [2.24, 2.45) is 0 Å². The average molecular weight is 268 g/mol. The van der Waals surface area contributed by atoms with Gasteiger partial charge in [-0.1, -0.05) is 0 Å². The number of carbonyl (C=O) groups is 1. The summed E-state index contributed by atoms with van der Waals surface area (Å²) in [6.45, 7) is 3.28. The van der Waals surface area contributed by atoms with Gasteiger partial charge in [-0.05, 0) is 25.6 Å². The summed E-state index contributed by atoms with van der Waals surface area (Å²) in [5.41, 5.74) is -4.40. The number of halogens is 3. The quantitative estimate of drug-likeness (QED) is 0.869. The molecule has 0 aliphatic carbocycles. The summed E-state index contributed by atoms with van der Waals surface area (Å²) in [5, 5.41) is 8.76. The highest BCUT2D eigenvalue weighted by atomic mass is 32.2. The summed E-state index contributed by atoms with van der Waals surface area (Å²) in [4.78, 5) is 15.1. The van der Waals surface area contributed by atoms with Gasteiger partial charge in [-0.2, -0.15) is 18.3 Å². The van der Waals surface area contributed by atoms with Crippen molar-refractivity contribution in [1.29, 1.82) is 0 Å². The Morgan fingerprint density at radius 2 is 2.24 bits per heavy atom. The molecular weight excluding hydrogens is 257 g/mol. The van der Waals surface area contributed by atoms with Crippen molar-refractivity contribution < 1.29 is 18.0 Å². The molecule has 96 valence electrons. The predicted octanol–water partition coefficient (Wildman–Crippen LogP) is 1.54. The van der Waals surface area contributed by atoms with Crippen molar-refractivity contribution in [1.82, 2.24) is 20.5 Å². The van der Waals surface area contributed by atoms with E-state index in [1.807, 2.05) is 0 Å². The molecule has 0 saturated heterocycles. The first-order valence-electron chi connectivity index (χ1n) is 4.67. The van der Waals surface area contributed by atoms with Gasteiger partial charge in [0.1, 0.15) is 5.82 Å². The number of rotatable bonds is 4. The molecule has 0 fully saturated rings. The Morgan fingerprint density at radius 1 is 1.59 bits per heavy atom. The van der Waals surface area contributed by atoms with Crippen LogP contribution in [0.4, 0.5) is 13.2 Å². The van der Waals surface area contributed by atoms with Gasteiger partial charge < -0.3 is 5.32 Å². The van der Waals surface area contributed by atoms with Gasteiger partial charge in [0, 0.05) is 0 Å². The van der Waals surface area contributed by atoms with Crippen LogP contribution >= 0.6 is 11.8 Å². The summed E-state index contributed by atoms with van der Waals surface area (Å²) in [7, 11) is 0. The predicted molar refractivity (Wildman–Crippen MR) is 56.2 cm³/mol. The molecule has 0 spiro atoms. The summed E-state index contributed by atoms with van der Waals surface area (Å²) in [6.07, 6.45) is 0. The molecule has 0 unspecified atom stereocenters. The van der Waals surface area contributed by atoms with Crippen LogP contribution in [0.5, 0.6) is 0 Å². The molecule has 9 heteroatoms. The molecule has 0 aliphatic heterocycles. The normalized spacial score (nSPS) is 13.5. The van der Waals surface area contributed by atoms with Gasteiger partial charge in [-0.3, -0.25) is 9.89 Å². The second kappa shape index (κ2) is 5.39. The number of hydrogen-bond acceptors (Lipinski definition) is 4. The van der Waals surface area contributed by atoms with E-state index in [-0.39, 0.29) is 11.8 Å². The Hall–Kier alpha value is -1.25. The van der Waals surface area contributed by atoms with E-state index in [2.05, 4.69) is 20.5 Å². The Balaban J connectivity index is 2.41. The van der Waals surface area contributed by atoms with Gasteiger partial charge in [0.25, 0.3) is 0 Å². The number of aryl methyl sites for hydroxylation is 1. The molecular formula is C8H11F3N4OS. The third-order valence-electron chi connectivity index (χ3n) is 1.75. The minimum atomic E-state index is -4.40. The van der Waals surface area contributed by atoms with Gasteiger partial charge in [0.2, 0.25) is 5.91 Å². The number of hydrogen-bond donors (Lipinski definition) is 2. The van der Waals surface area contributed by atoms with Gasteiger partial charge in [0.05, 0.1) is 11.8 Å². The van der Waals surface area contributed by atoms with Crippen LogP contribution in [0.3, 0.4) is 0 Å². The number of amides is 1. The van der Waals surface area contributed by atoms with E-state index in [4.69, 9.17) is 0 Å². The zero-order valence-corrected chi connectivity index (χ0v) is 9.95. The van der Waals surface area contributed by atoms with Crippen LogP contribution < -0.4 is 5.32 Å². The molecule has 0 aliphatic rings. The van der Waals surface area contributed by atoms with Crippen molar-refractivity contribution in [2.45, 2.75) is 25.4 Å². The van der Waals surface area contributed by atoms with Crippen molar-refractivity contribution in [2.75, 3.05) is 5.75 Å². The first-order chi connectivity index (χ1) is 7.78. The van der Waals surface area contributed by atoms with E-state index >= 15 is 0 Å². The number of thioether (sulfide) groups is 1. The lowest BCUT2D eigenvalue weighted by molar-refractivity contribution is -0.119. The number of alkyl halides is 3. The third-order valence-corrected chi connectivity index (χ3v) is 2.48. The maximum Gasteiger partial charge on any atom is 0.442 e. The molecule has 0 aromatic carbocycles. The maximum atomic E-state index is 11.8. The average Bonchev–Trinajstić information content (AvgIpc) is 2.61. The molecule has 0 saturated carbocycles. The van der Waals surface area contributed by atoms with Gasteiger partial charge in [-0.25, -0.2) is 4.98 Å². The largest absolute Gasteiger partial charge is 0.442 e. The Labute approximate surface area is 99.6 Å². The van der Waals surface area contributed by atoms with Crippen LogP contribution in [0.1, 0.15) is 24.6 Å². The van der Waals surface area contributed by atoms with Gasteiger partial charge in [0.15, 0.2) is 5.82 Å². The minimum Gasteiger partial charge on any atom is -0.346 e. The highest BCUT2D eigenvalue weighted by molar-refractivity contribution is 8.00. The van der Waals surface area contributed by atoms with Crippen molar-refractivity contribution in [3.63, 3.8) is 0 Å². The van der Waals surface area contributed by atoms with E-state index in [0.29, 0.717) is 11.6 Å². The van der Waals surface area contributed by atoms with Crippen LogP contribution in [0.15, 0.2) is 0 Å². The lowest BCUT2D eigenvalue weighted by atomic mass is 10.3. The first-order valence-corrected chi connectivity index (χ1v) is 5.65. The van der Waals surface area contributed by atoms with Crippen molar-refractivity contribution in [3.8, 4) is 0 Å². The van der Waals surface area contributed by atoms with E-state index in [0.717, 1.165) is 0 Å². The van der Waals surface area contributed by atoms with E-state index in [9.17, 15) is 18.0 Å². The highest BCUT2D eigenvalue weighted by Gasteiger charge is 2.29. The fourth-order valence-corrected chi connectivity index (χ4v) is 1.43. The molecule has 1 aromatic rings. The SMILES string of the molecule is Cc1nc([C@H](C)NC(=O)CSC(F)(F)F)n[nH]1. The molecule has 1 heterocycles. The van der Waals surface area contributed by atoms with Crippen LogP contribution in [0, 0.1) is 6.92 Å². The second-order valence-electron chi connectivity index (χ2n) is 3.30.